The lowest BCUT2D eigenvalue weighted by molar-refractivity contribution is 0.407. The summed E-state index contributed by atoms with van der Waals surface area (Å²) in [5, 5.41) is 19.1. The highest BCUT2D eigenvalue weighted by Gasteiger charge is 2.15. The van der Waals surface area contributed by atoms with Crippen molar-refractivity contribution < 1.29 is 9.26 Å². The molecule has 0 unspecified atom stereocenters. The van der Waals surface area contributed by atoms with Crippen LogP contribution in [0.25, 0.3) is 22.6 Å². The molecule has 0 bridgehead atoms. The maximum atomic E-state index is 7.58. The molecular weight excluding hydrogens is 389 g/mol. The van der Waals surface area contributed by atoms with Gasteiger partial charge in [0.1, 0.15) is 23.1 Å². The molecule has 0 amide bonds. The zero-order valence-electron chi connectivity index (χ0n) is 14.4. The standard InChI is InChI=1S/C18H17N5O2.2ClH/c1-24-15-7-6-12(18(21)22)8-13(15)16-9-14(23-25-16)10-2-4-11(5-3-10)17(19)20;;/h2-9H,1H3,(H3,19,20)(H3,21,22);2*1H. The minimum absolute atomic E-state index is 0. The van der Waals surface area contributed by atoms with Gasteiger partial charge in [0, 0.05) is 22.8 Å². The van der Waals surface area contributed by atoms with Crippen LogP contribution in [0.3, 0.4) is 0 Å². The zero-order chi connectivity index (χ0) is 18.0. The Balaban J connectivity index is 0.00000182. The van der Waals surface area contributed by atoms with Crippen molar-refractivity contribution in [2.45, 2.75) is 0 Å². The van der Waals surface area contributed by atoms with Crippen LogP contribution in [0.4, 0.5) is 0 Å². The van der Waals surface area contributed by atoms with Crippen LogP contribution in [0.15, 0.2) is 53.1 Å². The first kappa shape index (κ1) is 22.0. The van der Waals surface area contributed by atoms with Gasteiger partial charge in [0.05, 0.1) is 12.7 Å². The van der Waals surface area contributed by atoms with Gasteiger partial charge in [0.15, 0.2) is 5.76 Å². The van der Waals surface area contributed by atoms with Crippen LogP contribution >= 0.6 is 24.8 Å². The first-order valence-electron chi connectivity index (χ1n) is 7.44. The summed E-state index contributed by atoms with van der Waals surface area (Å²) in [4.78, 5) is 0. The van der Waals surface area contributed by atoms with Gasteiger partial charge >= 0.3 is 0 Å². The van der Waals surface area contributed by atoms with Crippen molar-refractivity contribution in [3.8, 4) is 28.3 Å². The van der Waals surface area contributed by atoms with E-state index >= 15 is 0 Å². The van der Waals surface area contributed by atoms with Gasteiger partial charge in [-0.3, -0.25) is 10.8 Å². The number of ether oxygens (including phenoxy) is 1. The molecule has 2 aromatic carbocycles. The van der Waals surface area contributed by atoms with Crippen molar-refractivity contribution in [1.29, 1.82) is 10.8 Å². The fraction of sp³-hybridized carbons (Fsp3) is 0.0556. The zero-order valence-corrected chi connectivity index (χ0v) is 16.0. The molecule has 1 heterocycles. The number of amidine groups is 2. The number of nitrogens with one attached hydrogen (secondary N) is 2. The van der Waals surface area contributed by atoms with Crippen molar-refractivity contribution in [3.63, 3.8) is 0 Å². The minimum atomic E-state index is -0.0385. The predicted molar refractivity (Wildman–Crippen MR) is 110 cm³/mol. The Hall–Kier alpha value is -3.03. The molecule has 7 nitrogen and oxygen atoms in total. The topological polar surface area (TPSA) is 135 Å². The number of aromatic nitrogens is 1. The van der Waals surface area contributed by atoms with Crippen molar-refractivity contribution in [2.75, 3.05) is 7.11 Å². The summed E-state index contributed by atoms with van der Waals surface area (Å²) in [5.74, 6) is 1.08. The lowest BCUT2D eigenvalue weighted by atomic mass is 10.0. The first-order chi connectivity index (χ1) is 12.0. The molecule has 0 saturated carbocycles. The molecule has 0 aliphatic heterocycles. The van der Waals surface area contributed by atoms with Crippen molar-refractivity contribution in [3.05, 3.63) is 59.7 Å². The number of hydrogen-bond acceptors (Lipinski definition) is 5. The molecule has 0 aliphatic carbocycles. The Bertz CT molecular complexity index is 955. The van der Waals surface area contributed by atoms with Crippen LogP contribution in [0.2, 0.25) is 0 Å². The van der Waals surface area contributed by atoms with Gasteiger partial charge in [0.25, 0.3) is 0 Å². The molecule has 0 saturated heterocycles. The second kappa shape index (κ2) is 9.07. The lowest BCUT2D eigenvalue weighted by Crippen LogP contribution is -2.11. The highest BCUT2D eigenvalue weighted by atomic mass is 35.5. The summed E-state index contributed by atoms with van der Waals surface area (Å²) in [6.07, 6.45) is 0. The molecule has 142 valence electrons. The summed E-state index contributed by atoms with van der Waals surface area (Å²) in [6.45, 7) is 0. The molecule has 1 aromatic heterocycles. The van der Waals surface area contributed by atoms with Crippen LogP contribution in [-0.2, 0) is 0 Å². The molecule has 3 aromatic rings. The van der Waals surface area contributed by atoms with E-state index in [1.165, 1.54) is 0 Å². The Morgan fingerprint density at radius 1 is 0.926 bits per heavy atom. The Kier molecular flexibility index (Phi) is 7.39. The number of nitrogen functional groups attached to an aromatic ring is 2. The molecule has 0 radical (unpaired) electrons. The van der Waals surface area contributed by atoms with E-state index in [2.05, 4.69) is 5.16 Å². The number of nitrogens with zero attached hydrogens (tertiary/aromatic N) is 1. The van der Waals surface area contributed by atoms with E-state index in [1.54, 1.807) is 43.5 Å². The largest absolute Gasteiger partial charge is 0.496 e. The van der Waals surface area contributed by atoms with Gasteiger partial charge in [-0.2, -0.15) is 0 Å². The van der Waals surface area contributed by atoms with Gasteiger partial charge in [0.2, 0.25) is 0 Å². The fourth-order valence-corrected chi connectivity index (χ4v) is 2.43. The third kappa shape index (κ3) is 4.58. The van der Waals surface area contributed by atoms with Gasteiger partial charge < -0.3 is 20.7 Å². The Morgan fingerprint density at radius 2 is 1.52 bits per heavy atom. The summed E-state index contributed by atoms with van der Waals surface area (Å²) in [6, 6.07) is 14.1. The van der Waals surface area contributed by atoms with Crippen LogP contribution in [0.5, 0.6) is 5.75 Å². The average molecular weight is 408 g/mol. The van der Waals surface area contributed by atoms with Gasteiger partial charge in [-0.25, -0.2) is 0 Å². The maximum Gasteiger partial charge on any atom is 0.171 e. The number of hydrogen-bond donors (Lipinski definition) is 4. The molecule has 0 atom stereocenters. The quantitative estimate of drug-likeness (QED) is 0.379. The van der Waals surface area contributed by atoms with Crippen LogP contribution in [0.1, 0.15) is 11.1 Å². The number of rotatable bonds is 5. The van der Waals surface area contributed by atoms with E-state index in [0.717, 1.165) is 5.56 Å². The molecule has 0 aliphatic rings. The third-order valence-corrected chi connectivity index (χ3v) is 3.78. The predicted octanol–water partition coefficient (Wildman–Crippen LogP) is 3.43. The monoisotopic (exact) mass is 407 g/mol. The fourth-order valence-electron chi connectivity index (χ4n) is 2.43. The molecule has 0 fully saturated rings. The second-order valence-corrected chi connectivity index (χ2v) is 5.40. The highest BCUT2D eigenvalue weighted by molar-refractivity contribution is 5.97. The summed E-state index contributed by atoms with van der Waals surface area (Å²) < 4.78 is 10.8. The third-order valence-electron chi connectivity index (χ3n) is 3.78. The number of methoxy groups -OCH3 is 1. The number of benzene rings is 2. The van der Waals surface area contributed by atoms with Crippen LogP contribution in [-0.4, -0.2) is 23.9 Å². The summed E-state index contributed by atoms with van der Waals surface area (Å²) >= 11 is 0. The van der Waals surface area contributed by atoms with Crippen LogP contribution < -0.4 is 16.2 Å². The van der Waals surface area contributed by atoms with E-state index < -0.39 is 0 Å². The van der Waals surface area contributed by atoms with Gasteiger partial charge in [-0.05, 0) is 18.2 Å². The maximum absolute atomic E-state index is 7.58. The van der Waals surface area contributed by atoms with E-state index in [-0.39, 0.29) is 36.5 Å². The molecule has 27 heavy (non-hydrogen) atoms. The molecule has 0 spiro atoms. The molecule has 9 heteroatoms. The van der Waals surface area contributed by atoms with E-state index in [9.17, 15) is 0 Å². The minimum Gasteiger partial charge on any atom is -0.496 e. The van der Waals surface area contributed by atoms with Crippen molar-refractivity contribution in [2.24, 2.45) is 11.5 Å². The van der Waals surface area contributed by atoms with E-state index in [0.29, 0.717) is 33.9 Å². The molecule has 6 N–H and O–H groups in total. The highest BCUT2D eigenvalue weighted by Crippen LogP contribution is 2.33. The Labute approximate surface area is 168 Å². The summed E-state index contributed by atoms with van der Waals surface area (Å²) in [7, 11) is 1.56. The van der Waals surface area contributed by atoms with Gasteiger partial charge in [-0.15, -0.1) is 24.8 Å². The average Bonchev–Trinajstić information content (AvgIpc) is 3.11. The molecular formula is C18H19Cl2N5O2. The van der Waals surface area contributed by atoms with E-state index in [1.807, 2.05) is 12.1 Å². The van der Waals surface area contributed by atoms with Crippen molar-refractivity contribution in [1.82, 2.24) is 5.16 Å². The smallest absolute Gasteiger partial charge is 0.171 e. The van der Waals surface area contributed by atoms with Crippen LogP contribution in [0, 0.1) is 10.8 Å². The normalized spacial score (nSPS) is 9.67. The Morgan fingerprint density at radius 3 is 2.07 bits per heavy atom. The lowest BCUT2D eigenvalue weighted by Gasteiger charge is -2.07. The number of halogens is 2. The molecule has 3 rings (SSSR count). The first-order valence-corrected chi connectivity index (χ1v) is 7.44. The SMILES string of the molecule is COc1ccc(C(=N)N)cc1-c1cc(-c2ccc(C(=N)N)cc2)no1.Cl.Cl. The second-order valence-electron chi connectivity index (χ2n) is 5.40. The van der Waals surface area contributed by atoms with Gasteiger partial charge in [-0.1, -0.05) is 29.4 Å². The number of nitrogens with two attached hydrogens (primary N) is 2. The van der Waals surface area contributed by atoms with E-state index in [4.69, 9.17) is 31.5 Å². The summed E-state index contributed by atoms with van der Waals surface area (Å²) in [5.41, 5.74) is 14.4. The van der Waals surface area contributed by atoms with Crippen molar-refractivity contribution >= 4 is 36.5 Å².